The molecule has 1 aliphatic rings. The fraction of sp³-hybridized carbons (Fsp3) is 0.692. The number of hydrogen-bond acceptors (Lipinski definition) is 6. The van der Waals surface area contributed by atoms with Crippen LogP contribution in [-0.2, 0) is 4.74 Å². The van der Waals surface area contributed by atoms with Gasteiger partial charge in [-0.05, 0) is 39.8 Å². The standard InChI is InChI=1S/C13H24BN3O4/c1-13(2,3)21-12(18)17-6-4-11(5-7-17)16-9-10(8-15)14(19)20/h8-9,11,15-16,19-20H,4-7H2,1-3H3/b10-9+,15-8?. The Kier molecular flexibility index (Phi) is 6.23. The van der Waals surface area contributed by atoms with Crippen molar-refractivity contribution in [2.45, 2.75) is 45.3 Å². The molecule has 4 N–H and O–H groups in total. The number of nitrogens with zero attached hydrogens (tertiary/aromatic N) is 1. The summed E-state index contributed by atoms with van der Waals surface area (Å²) in [5.74, 6) is 0. The van der Waals surface area contributed by atoms with Crippen molar-refractivity contribution in [3.05, 3.63) is 11.7 Å². The Hall–Kier alpha value is -1.54. The molecule has 0 unspecified atom stereocenters. The first-order valence-electron chi connectivity index (χ1n) is 7.03. The Labute approximate surface area is 125 Å². The van der Waals surface area contributed by atoms with Crippen LogP contribution >= 0.6 is 0 Å². The van der Waals surface area contributed by atoms with Crippen LogP contribution in [0.4, 0.5) is 4.79 Å². The van der Waals surface area contributed by atoms with Crippen molar-refractivity contribution >= 4 is 19.4 Å². The van der Waals surface area contributed by atoms with Crippen LogP contribution in [0.15, 0.2) is 11.7 Å². The normalized spacial score (nSPS) is 17.4. The predicted molar refractivity (Wildman–Crippen MR) is 81.0 cm³/mol. The van der Waals surface area contributed by atoms with Crippen molar-refractivity contribution in [3.63, 3.8) is 0 Å². The Morgan fingerprint density at radius 3 is 2.38 bits per heavy atom. The van der Waals surface area contributed by atoms with Crippen molar-refractivity contribution in [3.8, 4) is 0 Å². The van der Waals surface area contributed by atoms with E-state index < -0.39 is 12.7 Å². The highest BCUT2D eigenvalue weighted by atomic mass is 16.6. The first-order valence-corrected chi connectivity index (χ1v) is 7.03. The molecule has 1 rings (SSSR count). The second-order valence-corrected chi connectivity index (χ2v) is 6.07. The average Bonchev–Trinajstić information content (AvgIpc) is 2.37. The minimum Gasteiger partial charge on any atom is -0.444 e. The van der Waals surface area contributed by atoms with Crippen LogP contribution in [0.3, 0.4) is 0 Å². The molecule has 0 radical (unpaired) electrons. The maximum Gasteiger partial charge on any atom is 0.491 e. The molecule has 21 heavy (non-hydrogen) atoms. The molecule has 0 aromatic carbocycles. The van der Waals surface area contributed by atoms with Gasteiger partial charge < -0.3 is 30.4 Å². The van der Waals surface area contributed by atoms with Gasteiger partial charge >= 0.3 is 13.2 Å². The highest BCUT2D eigenvalue weighted by Crippen LogP contribution is 2.15. The Bertz CT molecular complexity index is 399. The van der Waals surface area contributed by atoms with E-state index in [9.17, 15) is 4.79 Å². The van der Waals surface area contributed by atoms with E-state index in [0.717, 1.165) is 19.1 Å². The lowest BCUT2D eigenvalue weighted by molar-refractivity contribution is 0.0201. The molecule has 1 aliphatic heterocycles. The van der Waals surface area contributed by atoms with Gasteiger partial charge in [0.1, 0.15) is 5.60 Å². The summed E-state index contributed by atoms with van der Waals surface area (Å²) in [6.07, 6.45) is 3.51. The fourth-order valence-electron chi connectivity index (χ4n) is 1.96. The maximum absolute atomic E-state index is 11.9. The van der Waals surface area contributed by atoms with Gasteiger partial charge in [0.05, 0.1) is 0 Å². The number of rotatable bonds is 4. The number of ether oxygens (including phenoxy) is 1. The predicted octanol–water partition coefficient (Wildman–Crippen LogP) is 0.521. The van der Waals surface area contributed by atoms with Crippen molar-refractivity contribution in [2.24, 2.45) is 0 Å². The van der Waals surface area contributed by atoms with Crippen molar-refractivity contribution in [2.75, 3.05) is 13.1 Å². The molecular weight excluding hydrogens is 273 g/mol. The lowest BCUT2D eigenvalue weighted by Crippen LogP contribution is -2.45. The first kappa shape index (κ1) is 17.5. The van der Waals surface area contributed by atoms with E-state index in [0.29, 0.717) is 13.1 Å². The van der Waals surface area contributed by atoms with Crippen molar-refractivity contribution < 1.29 is 19.6 Å². The maximum atomic E-state index is 11.9. The van der Waals surface area contributed by atoms with Gasteiger partial charge in [-0.15, -0.1) is 0 Å². The molecule has 0 saturated carbocycles. The Balaban J connectivity index is 2.42. The molecule has 0 spiro atoms. The highest BCUT2D eigenvalue weighted by molar-refractivity contribution is 6.56. The van der Waals surface area contributed by atoms with Crippen LogP contribution in [0.25, 0.3) is 0 Å². The minimum absolute atomic E-state index is 0.101. The van der Waals surface area contributed by atoms with Crippen LogP contribution in [-0.4, -0.2) is 59.1 Å². The number of likely N-dealkylation sites (tertiary alicyclic amines) is 1. The first-order chi connectivity index (χ1) is 9.73. The number of carbonyl (C=O) groups is 1. The topological polar surface area (TPSA) is 106 Å². The molecule has 1 heterocycles. The number of piperidine rings is 1. The average molecular weight is 297 g/mol. The zero-order valence-electron chi connectivity index (χ0n) is 12.8. The molecule has 0 atom stereocenters. The Morgan fingerprint density at radius 1 is 1.38 bits per heavy atom. The van der Waals surface area contributed by atoms with E-state index in [1.165, 1.54) is 6.20 Å². The summed E-state index contributed by atoms with van der Waals surface area (Å²) in [7, 11) is -1.66. The number of carbonyl (C=O) groups excluding carboxylic acids is 1. The van der Waals surface area contributed by atoms with Gasteiger partial charge in [-0.3, -0.25) is 0 Å². The van der Waals surface area contributed by atoms with Gasteiger partial charge in [0.2, 0.25) is 0 Å². The quantitative estimate of drug-likeness (QED) is 0.447. The molecule has 8 heteroatoms. The highest BCUT2D eigenvalue weighted by Gasteiger charge is 2.26. The van der Waals surface area contributed by atoms with Gasteiger partial charge in [-0.1, -0.05) is 0 Å². The molecule has 0 aromatic heterocycles. The summed E-state index contributed by atoms with van der Waals surface area (Å²) in [4.78, 5) is 13.6. The van der Waals surface area contributed by atoms with Crippen LogP contribution in [0.1, 0.15) is 33.6 Å². The second kappa shape index (κ2) is 7.47. The van der Waals surface area contributed by atoms with Crippen LogP contribution in [0.5, 0.6) is 0 Å². The van der Waals surface area contributed by atoms with Crippen LogP contribution in [0.2, 0.25) is 0 Å². The largest absolute Gasteiger partial charge is 0.491 e. The second-order valence-electron chi connectivity index (χ2n) is 6.07. The summed E-state index contributed by atoms with van der Waals surface area (Å²) in [5.41, 5.74) is -0.394. The van der Waals surface area contributed by atoms with E-state index in [2.05, 4.69) is 5.32 Å². The SMILES string of the molecule is CC(C)(C)OC(=O)N1CCC(N/C=C(\C=N)B(O)O)CC1. The zero-order valence-corrected chi connectivity index (χ0v) is 12.8. The van der Waals surface area contributed by atoms with Crippen molar-refractivity contribution in [1.82, 2.24) is 10.2 Å². The fourth-order valence-corrected chi connectivity index (χ4v) is 1.96. The number of allylic oxidation sites excluding steroid dienone is 1. The summed E-state index contributed by atoms with van der Waals surface area (Å²) in [5, 5.41) is 28.1. The van der Waals surface area contributed by atoms with Crippen molar-refractivity contribution in [1.29, 1.82) is 5.41 Å². The number of amides is 1. The number of hydrogen-bond donors (Lipinski definition) is 4. The van der Waals surface area contributed by atoms with Gasteiger partial charge in [-0.25, -0.2) is 4.79 Å². The molecular formula is C13H24BN3O4. The third-order valence-corrected chi connectivity index (χ3v) is 3.10. The minimum atomic E-state index is -1.66. The van der Waals surface area contributed by atoms with Gasteiger partial charge in [-0.2, -0.15) is 0 Å². The van der Waals surface area contributed by atoms with Crippen LogP contribution in [0, 0.1) is 5.41 Å². The molecule has 0 bridgehead atoms. The third kappa shape index (κ3) is 6.18. The molecule has 1 saturated heterocycles. The summed E-state index contributed by atoms with van der Waals surface area (Å²) in [6, 6.07) is 0.136. The number of nitrogens with one attached hydrogen (secondary N) is 2. The monoisotopic (exact) mass is 297 g/mol. The van der Waals surface area contributed by atoms with Gasteiger partial charge in [0.15, 0.2) is 0 Å². The lowest BCUT2D eigenvalue weighted by atomic mass is 9.81. The van der Waals surface area contributed by atoms with Gasteiger partial charge in [0, 0.05) is 30.8 Å². The molecule has 0 aromatic rings. The van der Waals surface area contributed by atoms with E-state index >= 15 is 0 Å². The molecule has 1 fully saturated rings. The van der Waals surface area contributed by atoms with Gasteiger partial charge in [0.25, 0.3) is 0 Å². The molecule has 1 amide bonds. The van der Waals surface area contributed by atoms with Crippen LogP contribution < -0.4 is 5.32 Å². The summed E-state index contributed by atoms with van der Waals surface area (Å²) >= 11 is 0. The molecule has 7 nitrogen and oxygen atoms in total. The summed E-state index contributed by atoms with van der Waals surface area (Å²) < 4.78 is 5.32. The Morgan fingerprint density at radius 2 is 1.95 bits per heavy atom. The van der Waals surface area contributed by atoms with E-state index in [1.54, 1.807) is 4.90 Å². The zero-order chi connectivity index (χ0) is 16.0. The van der Waals surface area contributed by atoms with E-state index in [4.69, 9.17) is 20.2 Å². The molecule has 0 aliphatic carbocycles. The lowest BCUT2D eigenvalue weighted by Gasteiger charge is -2.33. The molecule has 118 valence electrons. The summed E-state index contributed by atoms with van der Waals surface area (Å²) in [6.45, 7) is 6.68. The van der Waals surface area contributed by atoms with E-state index in [-0.39, 0.29) is 17.6 Å². The van der Waals surface area contributed by atoms with E-state index in [1.807, 2.05) is 20.8 Å². The third-order valence-electron chi connectivity index (χ3n) is 3.10. The smallest absolute Gasteiger partial charge is 0.444 e.